The van der Waals surface area contributed by atoms with Gasteiger partial charge in [0.05, 0.1) is 16.3 Å². The molecule has 0 radical (unpaired) electrons. The molecular weight excluding hydrogens is 158 g/mol. The molecule has 1 N–H and O–H groups in total. The molecule has 1 heterocycles. The monoisotopic (exact) mass is 163 g/mol. The van der Waals surface area contributed by atoms with E-state index in [4.69, 9.17) is 16.7 Å². The highest BCUT2D eigenvalue weighted by atomic mass is 35.5. The van der Waals surface area contributed by atoms with Crippen molar-refractivity contribution in [2.45, 2.75) is 6.10 Å². The Hall–Kier alpha value is -0.120. The Balaban J connectivity index is 2.65. The van der Waals surface area contributed by atoms with Crippen LogP contribution in [-0.2, 0) is 0 Å². The number of aliphatic hydroxyl groups is 1. The van der Waals surface area contributed by atoms with E-state index in [0.717, 1.165) is 4.88 Å². The largest absolute Gasteiger partial charge is 0.386 e. The summed E-state index contributed by atoms with van der Waals surface area (Å²) in [6.45, 7) is 0. The molecule has 4 heteroatoms. The molecule has 50 valence electrons. The molecule has 0 amide bonds. The number of thiazole rings is 1. The van der Waals surface area contributed by atoms with Crippen LogP contribution in [-0.4, -0.2) is 16.0 Å². The lowest BCUT2D eigenvalue weighted by atomic mass is 10.4. The van der Waals surface area contributed by atoms with Gasteiger partial charge in [0.1, 0.15) is 6.10 Å². The Morgan fingerprint density at radius 3 is 3.11 bits per heavy atom. The Kier molecular flexibility index (Phi) is 2.45. The van der Waals surface area contributed by atoms with Gasteiger partial charge in [0.15, 0.2) is 0 Å². The first kappa shape index (κ1) is 6.99. The molecule has 0 bridgehead atoms. The van der Waals surface area contributed by atoms with Crippen LogP contribution in [0.25, 0.3) is 0 Å². The molecule has 0 aliphatic rings. The van der Waals surface area contributed by atoms with Gasteiger partial charge in [-0.15, -0.1) is 22.9 Å². The van der Waals surface area contributed by atoms with Crippen LogP contribution < -0.4 is 0 Å². The number of aliphatic hydroxyl groups excluding tert-OH is 1. The second-order valence-electron chi connectivity index (χ2n) is 1.57. The summed E-state index contributed by atoms with van der Waals surface area (Å²) in [4.78, 5) is 4.62. The molecule has 1 atom stereocenters. The third-order valence-corrected chi connectivity index (χ3v) is 2.10. The van der Waals surface area contributed by atoms with E-state index in [1.807, 2.05) is 0 Å². The summed E-state index contributed by atoms with van der Waals surface area (Å²) in [5.41, 5.74) is 1.67. The van der Waals surface area contributed by atoms with Gasteiger partial charge in [-0.3, -0.25) is 4.98 Å². The van der Waals surface area contributed by atoms with Crippen LogP contribution in [0.5, 0.6) is 0 Å². The molecule has 0 saturated heterocycles. The fourth-order valence-corrected chi connectivity index (χ4v) is 1.33. The number of rotatable bonds is 2. The van der Waals surface area contributed by atoms with Crippen LogP contribution in [0.2, 0.25) is 0 Å². The fourth-order valence-electron chi connectivity index (χ4n) is 0.466. The van der Waals surface area contributed by atoms with Gasteiger partial charge in [0.2, 0.25) is 0 Å². The average molecular weight is 164 g/mol. The van der Waals surface area contributed by atoms with E-state index in [-0.39, 0.29) is 5.88 Å². The summed E-state index contributed by atoms with van der Waals surface area (Å²) >= 11 is 6.78. The molecule has 9 heavy (non-hydrogen) atoms. The third kappa shape index (κ3) is 1.64. The molecular formula is C5H6ClNOS. The van der Waals surface area contributed by atoms with Crippen LogP contribution >= 0.6 is 22.9 Å². The minimum absolute atomic E-state index is 0.238. The molecule has 0 aromatic carbocycles. The van der Waals surface area contributed by atoms with Crippen LogP contribution in [0.4, 0.5) is 0 Å². The highest BCUT2D eigenvalue weighted by Gasteiger charge is 2.05. The van der Waals surface area contributed by atoms with Gasteiger partial charge in [0.25, 0.3) is 0 Å². The SMILES string of the molecule is OC(CCl)c1cncs1. The lowest BCUT2D eigenvalue weighted by Gasteiger charge is -1.98. The summed E-state index contributed by atoms with van der Waals surface area (Å²) in [5, 5.41) is 9.06. The number of aromatic nitrogens is 1. The first-order valence-electron chi connectivity index (χ1n) is 2.47. The highest BCUT2D eigenvalue weighted by Crippen LogP contribution is 2.17. The van der Waals surface area contributed by atoms with Gasteiger partial charge in [-0.1, -0.05) is 0 Å². The van der Waals surface area contributed by atoms with Crippen molar-refractivity contribution in [3.05, 3.63) is 16.6 Å². The highest BCUT2D eigenvalue weighted by molar-refractivity contribution is 7.09. The third-order valence-electron chi connectivity index (χ3n) is 0.926. The zero-order valence-corrected chi connectivity index (χ0v) is 6.19. The van der Waals surface area contributed by atoms with Crippen LogP contribution in [0, 0.1) is 0 Å². The number of hydrogen-bond acceptors (Lipinski definition) is 3. The minimum Gasteiger partial charge on any atom is -0.386 e. The predicted octanol–water partition coefficient (Wildman–Crippen LogP) is 1.42. The molecule has 0 saturated carbocycles. The molecule has 1 rings (SSSR count). The summed E-state index contributed by atoms with van der Waals surface area (Å²) in [7, 11) is 0. The maximum absolute atomic E-state index is 9.06. The summed E-state index contributed by atoms with van der Waals surface area (Å²) in [6, 6.07) is 0. The van der Waals surface area contributed by atoms with E-state index >= 15 is 0 Å². The standard InChI is InChI=1S/C5H6ClNOS/c6-1-4(8)5-2-7-3-9-5/h2-4,8H,1H2. The van der Waals surface area contributed by atoms with E-state index in [2.05, 4.69) is 4.98 Å². The van der Waals surface area contributed by atoms with Gasteiger partial charge in [-0.2, -0.15) is 0 Å². The van der Waals surface area contributed by atoms with Gasteiger partial charge in [0, 0.05) is 6.20 Å². The van der Waals surface area contributed by atoms with E-state index in [9.17, 15) is 0 Å². The van der Waals surface area contributed by atoms with Crippen molar-refractivity contribution in [3.63, 3.8) is 0 Å². The van der Waals surface area contributed by atoms with Crippen molar-refractivity contribution >= 4 is 22.9 Å². The molecule has 0 fully saturated rings. The van der Waals surface area contributed by atoms with Gasteiger partial charge in [-0.25, -0.2) is 0 Å². The molecule has 0 aliphatic heterocycles. The number of alkyl halides is 1. The van der Waals surface area contributed by atoms with Crippen molar-refractivity contribution < 1.29 is 5.11 Å². The second kappa shape index (κ2) is 3.15. The molecule has 1 aromatic heterocycles. The van der Waals surface area contributed by atoms with Crippen LogP contribution in [0.1, 0.15) is 11.0 Å². The van der Waals surface area contributed by atoms with E-state index in [1.165, 1.54) is 11.3 Å². The zero-order valence-electron chi connectivity index (χ0n) is 4.62. The van der Waals surface area contributed by atoms with Crippen molar-refractivity contribution in [2.75, 3.05) is 5.88 Å². The van der Waals surface area contributed by atoms with Crippen molar-refractivity contribution in [1.82, 2.24) is 4.98 Å². The van der Waals surface area contributed by atoms with Gasteiger partial charge < -0.3 is 5.11 Å². The first-order chi connectivity index (χ1) is 4.34. The van der Waals surface area contributed by atoms with Gasteiger partial charge >= 0.3 is 0 Å². The quantitative estimate of drug-likeness (QED) is 0.669. The molecule has 1 unspecified atom stereocenters. The molecule has 0 spiro atoms. The lowest BCUT2D eigenvalue weighted by molar-refractivity contribution is 0.206. The number of hydrogen-bond donors (Lipinski definition) is 1. The molecule has 0 aliphatic carbocycles. The second-order valence-corrected chi connectivity index (χ2v) is 2.80. The maximum Gasteiger partial charge on any atom is 0.103 e. The molecule has 1 aromatic rings. The topological polar surface area (TPSA) is 33.1 Å². The Morgan fingerprint density at radius 2 is 2.67 bits per heavy atom. The van der Waals surface area contributed by atoms with E-state index in [1.54, 1.807) is 11.7 Å². The van der Waals surface area contributed by atoms with Crippen LogP contribution in [0.15, 0.2) is 11.7 Å². The first-order valence-corrected chi connectivity index (χ1v) is 3.88. The minimum atomic E-state index is -0.542. The number of nitrogens with zero attached hydrogens (tertiary/aromatic N) is 1. The predicted molar refractivity (Wildman–Crippen MR) is 37.8 cm³/mol. The summed E-state index contributed by atoms with van der Waals surface area (Å²) in [6.07, 6.45) is 1.08. The Bertz CT molecular complexity index is 165. The summed E-state index contributed by atoms with van der Waals surface area (Å²) in [5.74, 6) is 0.238. The maximum atomic E-state index is 9.06. The summed E-state index contributed by atoms with van der Waals surface area (Å²) < 4.78 is 0. The van der Waals surface area contributed by atoms with E-state index in [0.29, 0.717) is 0 Å². The van der Waals surface area contributed by atoms with E-state index < -0.39 is 6.10 Å². The smallest absolute Gasteiger partial charge is 0.103 e. The normalized spacial score (nSPS) is 13.6. The van der Waals surface area contributed by atoms with Crippen molar-refractivity contribution in [2.24, 2.45) is 0 Å². The van der Waals surface area contributed by atoms with Crippen LogP contribution in [0.3, 0.4) is 0 Å². The number of halogens is 1. The molecule has 2 nitrogen and oxygen atoms in total. The van der Waals surface area contributed by atoms with Crippen molar-refractivity contribution in [1.29, 1.82) is 0 Å². The Labute approximate surface area is 62.1 Å². The van der Waals surface area contributed by atoms with Gasteiger partial charge in [-0.05, 0) is 0 Å². The Morgan fingerprint density at radius 1 is 1.89 bits per heavy atom. The lowest BCUT2D eigenvalue weighted by Crippen LogP contribution is -1.93. The van der Waals surface area contributed by atoms with Crippen molar-refractivity contribution in [3.8, 4) is 0 Å². The zero-order chi connectivity index (χ0) is 6.69. The fraction of sp³-hybridized carbons (Fsp3) is 0.400. The average Bonchev–Trinajstić information content (AvgIpc) is 2.37.